The van der Waals surface area contributed by atoms with Crippen LogP contribution in [0.25, 0.3) is 6.08 Å². The number of hydrogen-bond donors (Lipinski definition) is 0. The Kier molecular flexibility index (Phi) is 8.79. The fraction of sp³-hybridized carbons (Fsp3) is 0.591. The minimum absolute atomic E-state index is 0.0331. The van der Waals surface area contributed by atoms with Gasteiger partial charge in [0.1, 0.15) is 5.75 Å². The third kappa shape index (κ3) is 7.27. The predicted octanol–water partition coefficient (Wildman–Crippen LogP) is 7.00. The molecule has 0 aromatic heterocycles. The summed E-state index contributed by atoms with van der Waals surface area (Å²) in [6.45, 7) is 2.23. The van der Waals surface area contributed by atoms with Gasteiger partial charge in [-0.1, -0.05) is 57.6 Å². The van der Waals surface area contributed by atoms with Gasteiger partial charge in [0.05, 0.1) is 5.92 Å². The molecule has 1 aliphatic carbocycles. The minimum atomic E-state index is -1.74. The van der Waals surface area contributed by atoms with E-state index in [9.17, 15) is 13.6 Å². The maximum atomic E-state index is 12.3. The summed E-state index contributed by atoms with van der Waals surface area (Å²) in [7, 11) is 0. The summed E-state index contributed by atoms with van der Waals surface area (Å²) in [6.07, 6.45) is 10.9. The fourth-order valence-electron chi connectivity index (χ4n) is 3.68. The molecule has 26 heavy (non-hydrogen) atoms. The first-order chi connectivity index (χ1) is 12.6. The molecular weight excluding hydrogens is 334 g/mol. The molecular formula is C22H30F2O2. The molecule has 0 bridgehead atoms. The Morgan fingerprint density at radius 3 is 2.31 bits per heavy atom. The first-order valence-electron chi connectivity index (χ1n) is 9.93. The molecule has 0 heterocycles. The fourth-order valence-corrected chi connectivity index (χ4v) is 3.68. The molecule has 0 saturated heterocycles. The van der Waals surface area contributed by atoms with Crippen LogP contribution in [0.2, 0.25) is 0 Å². The number of halogens is 2. The van der Waals surface area contributed by atoms with Crippen molar-refractivity contribution in [3.8, 4) is 5.75 Å². The van der Waals surface area contributed by atoms with Gasteiger partial charge in [0.25, 0.3) is 6.08 Å². The molecule has 0 radical (unpaired) electrons. The molecule has 4 heteroatoms. The Bertz CT molecular complexity index is 568. The average molecular weight is 364 g/mol. The Labute approximate surface area is 155 Å². The Hall–Kier alpha value is -1.71. The number of unbranched alkanes of at least 4 members (excludes halogenated alkanes) is 4. The van der Waals surface area contributed by atoms with Crippen molar-refractivity contribution in [2.75, 3.05) is 0 Å². The first kappa shape index (κ1) is 20.6. The molecule has 0 unspecified atom stereocenters. The van der Waals surface area contributed by atoms with Gasteiger partial charge in [-0.3, -0.25) is 4.79 Å². The molecule has 0 N–H and O–H groups in total. The Balaban J connectivity index is 1.70. The number of benzene rings is 1. The second kappa shape index (κ2) is 11.1. The van der Waals surface area contributed by atoms with E-state index in [1.807, 2.05) is 0 Å². The van der Waals surface area contributed by atoms with Crippen LogP contribution in [0, 0.1) is 11.8 Å². The van der Waals surface area contributed by atoms with Crippen molar-refractivity contribution < 1.29 is 18.3 Å². The number of hydrogen-bond acceptors (Lipinski definition) is 2. The van der Waals surface area contributed by atoms with Gasteiger partial charge in [-0.15, -0.1) is 0 Å². The molecule has 2 rings (SSSR count). The average Bonchev–Trinajstić information content (AvgIpc) is 2.63. The van der Waals surface area contributed by atoms with E-state index >= 15 is 0 Å². The highest BCUT2D eigenvalue weighted by Gasteiger charge is 2.27. The second-order valence-corrected chi connectivity index (χ2v) is 7.34. The molecule has 1 fully saturated rings. The zero-order valence-electron chi connectivity index (χ0n) is 15.7. The number of carbonyl (C=O) groups is 1. The predicted molar refractivity (Wildman–Crippen MR) is 101 cm³/mol. The van der Waals surface area contributed by atoms with E-state index < -0.39 is 6.08 Å². The summed E-state index contributed by atoms with van der Waals surface area (Å²) in [5, 5.41) is 0. The van der Waals surface area contributed by atoms with Crippen LogP contribution in [0.3, 0.4) is 0 Å². The van der Waals surface area contributed by atoms with Crippen molar-refractivity contribution in [3.63, 3.8) is 0 Å². The molecule has 144 valence electrons. The van der Waals surface area contributed by atoms with Gasteiger partial charge in [0, 0.05) is 6.08 Å². The van der Waals surface area contributed by atoms with Gasteiger partial charge in [-0.05, 0) is 49.3 Å². The summed E-state index contributed by atoms with van der Waals surface area (Å²) >= 11 is 0. The van der Waals surface area contributed by atoms with E-state index in [1.165, 1.54) is 50.7 Å². The Morgan fingerprint density at radius 2 is 1.69 bits per heavy atom. The van der Waals surface area contributed by atoms with Gasteiger partial charge in [0.15, 0.2) is 0 Å². The molecule has 1 aliphatic rings. The normalized spacial score (nSPS) is 19.8. The number of carbonyl (C=O) groups excluding carboxylic acids is 1. The minimum Gasteiger partial charge on any atom is -0.426 e. The highest BCUT2D eigenvalue weighted by atomic mass is 19.3. The standard InChI is InChI=1S/C22H30F2O2/c1-2-3-4-5-6-7-17-8-12-19(13-9-17)22(25)26-20-14-10-18(11-15-20)16-21(23)24/h10-11,14-17,19H,2-9,12-13H2,1H3. The van der Waals surface area contributed by atoms with Crippen molar-refractivity contribution in [2.24, 2.45) is 11.8 Å². The smallest absolute Gasteiger partial charge is 0.314 e. The summed E-state index contributed by atoms with van der Waals surface area (Å²) in [5.74, 6) is 0.951. The molecule has 0 atom stereocenters. The van der Waals surface area contributed by atoms with Crippen molar-refractivity contribution in [1.29, 1.82) is 0 Å². The number of esters is 1. The van der Waals surface area contributed by atoms with Crippen LogP contribution in [0.4, 0.5) is 8.78 Å². The maximum Gasteiger partial charge on any atom is 0.314 e. The molecule has 1 aromatic carbocycles. The van der Waals surface area contributed by atoms with Gasteiger partial charge in [0.2, 0.25) is 0 Å². The molecule has 0 amide bonds. The monoisotopic (exact) mass is 364 g/mol. The third-order valence-corrected chi connectivity index (χ3v) is 5.27. The van der Waals surface area contributed by atoms with Crippen LogP contribution in [0.5, 0.6) is 5.75 Å². The maximum absolute atomic E-state index is 12.3. The van der Waals surface area contributed by atoms with Gasteiger partial charge < -0.3 is 4.74 Å². The van der Waals surface area contributed by atoms with E-state index in [1.54, 1.807) is 12.1 Å². The highest BCUT2D eigenvalue weighted by molar-refractivity contribution is 5.75. The van der Waals surface area contributed by atoms with Crippen molar-refractivity contribution in [3.05, 3.63) is 35.9 Å². The van der Waals surface area contributed by atoms with E-state index in [0.29, 0.717) is 11.3 Å². The van der Waals surface area contributed by atoms with Crippen molar-refractivity contribution in [2.45, 2.75) is 71.1 Å². The van der Waals surface area contributed by atoms with E-state index in [-0.39, 0.29) is 11.9 Å². The lowest BCUT2D eigenvalue weighted by Gasteiger charge is -2.27. The largest absolute Gasteiger partial charge is 0.426 e. The summed E-state index contributed by atoms with van der Waals surface area (Å²) < 4.78 is 29.9. The quantitative estimate of drug-likeness (QED) is 0.268. The molecule has 0 spiro atoms. The van der Waals surface area contributed by atoms with Crippen molar-refractivity contribution in [1.82, 2.24) is 0 Å². The lowest BCUT2D eigenvalue weighted by atomic mass is 9.80. The van der Waals surface area contributed by atoms with Crippen molar-refractivity contribution >= 4 is 12.0 Å². The number of ether oxygens (including phenoxy) is 1. The van der Waals surface area contributed by atoms with Crippen LogP contribution in [-0.4, -0.2) is 5.97 Å². The van der Waals surface area contributed by atoms with Gasteiger partial charge in [-0.2, -0.15) is 8.78 Å². The molecule has 1 saturated carbocycles. The third-order valence-electron chi connectivity index (χ3n) is 5.27. The van der Waals surface area contributed by atoms with Crippen LogP contribution >= 0.6 is 0 Å². The van der Waals surface area contributed by atoms with E-state index in [2.05, 4.69) is 6.92 Å². The van der Waals surface area contributed by atoms with Crippen LogP contribution < -0.4 is 4.74 Å². The SMILES string of the molecule is CCCCCCCC1CCC(C(=O)Oc2ccc(C=C(F)F)cc2)CC1. The summed E-state index contributed by atoms with van der Waals surface area (Å²) in [5.41, 5.74) is 0.393. The lowest BCUT2D eigenvalue weighted by molar-refractivity contribution is -0.140. The number of rotatable bonds is 9. The second-order valence-electron chi connectivity index (χ2n) is 7.34. The first-order valence-corrected chi connectivity index (χ1v) is 9.93. The molecule has 1 aromatic rings. The Morgan fingerprint density at radius 1 is 1.04 bits per heavy atom. The van der Waals surface area contributed by atoms with Crippen LogP contribution in [0.15, 0.2) is 30.3 Å². The zero-order chi connectivity index (χ0) is 18.8. The molecule has 0 aliphatic heterocycles. The summed E-state index contributed by atoms with van der Waals surface area (Å²) in [6, 6.07) is 6.18. The van der Waals surface area contributed by atoms with Crippen LogP contribution in [0.1, 0.15) is 76.7 Å². The van der Waals surface area contributed by atoms with Gasteiger partial charge in [-0.25, -0.2) is 0 Å². The van der Waals surface area contributed by atoms with Gasteiger partial charge >= 0.3 is 5.97 Å². The van der Waals surface area contributed by atoms with E-state index in [0.717, 1.165) is 37.7 Å². The summed E-state index contributed by atoms with van der Waals surface area (Å²) in [4.78, 5) is 12.3. The van der Waals surface area contributed by atoms with Crippen LogP contribution in [-0.2, 0) is 4.79 Å². The lowest BCUT2D eigenvalue weighted by Crippen LogP contribution is -2.25. The zero-order valence-corrected chi connectivity index (χ0v) is 15.7. The highest BCUT2D eigenvalue weighted by Crippen LogP contribution is 2.33. The van der Waals surface area contributed by atoms with E-state index in [4.69, 9.17) is 4.74 Å². The molecule has 2 nitrogen and oxygen atoms in total. The topological polar surface area (TPSA) is 26.3 Å².